The van der Waals surface area contributed by atoms with E-state index in [0.29, 0.717) is 0 Å². The molecule has 0 spiro atoms. The molecule has 7 nitrogen and oxygen atoms in total. The van der Waals surface area contributed by atoms with Crippen molar-refractivity contribution in [2.75, 3.05) is 0 Å². The summed E-state index contributed by atoms with van der Waals surface area (Å²) in [7, 11) is -5.02. The fourth-order valence-electron chi connectivity index (χ4n) is 0.123. The zero-order valence-electron chi connectivity index (χ0n) is 3.83. The molecule has 0 rings (SSSR count). The summed E-state index contributed by atoms with van der Waals surface area (Å²) in [4.78, 5) is 0. The van der Waals surface area contributed by atoms with Gasteiger partial charge in [0.25, 0.3) is 0 Å². The summed E-state index contributed by atoms with van der Waals surface area (Å²) < 4.78 is 54.7. The second kappa shape index (κ2) is 2.41. The maximum atomic E-state index is 9.64. The van der Waals surface area contributed by atoms with Gasteiger partial charge in [0.15, 0.2) is 0 Å². The van der Waals surface area contributed by atoms with Gasteiger partial charge in [-0.2, -0.15) is 0 Å². The van der Waals surface area contributed by atoms with Gasteiger partial charge < -0.3 is 0 Å². The number of hydrogen-bond acceptors (Lipinski definition) is 4. The summed E-state index contributed by atoms with van der Waals surface area (Å²) in [5.41, 5.74) is 0. The van der Waals surface area contributed by atoms with Crippen LogP contribution in [0.15, 0.2) is 0 Å². The Balaban J connectivity index is 4.26. The molecule has 3 N–H and O–H groups in total. The third kappa shape index (κ3) is 8.15. The molecule has 9 heavy (non-hydrogen) atoms. The Morgan fingerprint density at radius 2 is 1.67 bits per heavy atom. The maximum absolute atomic E-state index is 9.64. The Bertz CT molecular complexity index is 215. The monoisotopic (exact) mass is 222 g/mol. The first kappa shape index (κ1) is 9.15. The van der Waals surface area contributed by atoms with E-state index in [1.165, 1.54) is 0 Å². The third-order valence-electron chi connectivity index (χ3n) is 0.191. The minimum atomic E-state index is -5.68. The van der Waals surface area contributed by atoms with Crippen molar-refractivity contribution >= 4 is 24.9 Å². The summed E-state index contributed by atoms with van der Waals surface area (Å²) in [6, 6.07) is 0. The van der Waals surface area contributed by atoms with Gasteiger partial charge in [-0.15, -0.1) is 0 Å². The Labute approximate surface area is 53.6 Å². The van der Waals surface area contributed by atoms with Crippen molar-refractivity contribution in [3.8, 4) is 0 Å². The van der Waals surface area contributed by atoms with Crippen LogP contribution in [0.25, 0.3) is 0 Å². The van der Waals surface area contributed by atoms with Gasteiger partial charge in [0, 0.05) is 0 Å². The fourth-order valence-corrected chi connectivity index (χ4v) is 1.91. The van der Waals surface area contributed by atoms with Crippen LogP contribution in [0.4, 0.5) is 0 Å². The average Bonchev–Trinajstić information content (AvgIpc) is 1.14. The predicted octanol–water partition coefficient (Wildman–Crippen LogP) is -2.34. The van der Waals surface area contributed by atoms with Crippen LogP contribution in [0.1, 0.15) is 0 Å². The first-order valence-electron chi connectivity index (χ1n) is 1.45. The summed E-state index contributed by atoms with van der Waals surface area (Å²) in [6.07, 6.45) is 0. The van der Waals surface area contributed by atoms with E-state index in [4.69, 9.17) is 12.7 Å². The van der Waals surface area contributed by atoms with Crippen LogP contribution in [0.3, 0.4) is 0 Å². The second-order valence-corrected chi connectivity index (χ2v) is 4.99. The molecule has 0 bridgehead atoms. The molecule has 0 aliphatic rings. The quantitative estimate of drug-likeness (QED) is 0.353. The van der Waals surface area contributed by atoms with E-state index in [2.05, 4.69) is 3.17 Å². The zero-order chi connectivity index (χ0) is 7.71. The summed E-state index contributed by atoms with van der Waals surface area (Å²) in [5, 5.41) is 0. The van der Waals surface area contributed by atoms with Gasteiger partial charge in [-0.05, 0) is 0 Å². The summed E-state index contributed by atoms with van der Waals surface area (Å²) >= 11 is -5.68. The zero-order valence-corrected chi connectivity index (χ0v) is 6.52. The Kier molecular flexibility index (Phi) is 2.45. The van der Waals surface area contributed by atoms with Crippen molar-refractivity contribution in [2.24, 2.45) is 0 Å². The van der Waals surface area contributed by atoms with Crippen molar-refractivity contribution < 1.29 is 28.1 Å². The van der Waals surface area contributed by atoms with E-state index < -0.39 is 24.9 Å². The standard InChI is InChI=1S/AsH3O7S/c2-1(3,4)8-9(5,6)7/h(H2,2,3,4)(H,5,6,7). The first-order chi connectivity index (χ1) is 3.71. The topological polar surface area (TPSA) is 121 Å². The molecule has 0 unspecified atom stereocenters. The van der Waals surface area contributed by atoms with E-state index in [9.17, 15) is 12.2 Å². The molecule has 0 radical (unpaired) electrons. The Hall–Kier alpha value is 0.148. The van der Waals surface area contributed by atoms with Crippen molar-refractivity contribution in [3.63, 3.8) is 0 Å². The average molecular weight is 222 g/mol. The third-order valence-corrected chi connectivity index (χ3v) is 2.98. The van der Waals surface area contributed by atoms with Crippen LogP contribution in [0.2, 0.25) is 0 Å². The van der Waals surface area contributed by atoms with Gasteiger partial charge in [0.2, 0.25) is 0 Å². The summed E-state index contributed by atoms with van der Waals surface area (Å²) in [6.45, 7) is 0. The van der Waals surface area contributed by atoms with Gasteiger partial charge in [0.05, 0.1) is 0 Å². The molecule has 0 aromatic heterocycles. The van der Waals surface area contributed by atoms with Gasteiger partial charge in [0.1, 0.15) is 0 Å². The van der Waals surface area contributed by atoms with E-state index in [-0.39, 0.29) is 0 Å². The van der Waals surface area contributed by atoms with Gasteiger partial charge in [-0.25, -0.2) is 0 Å². The molecule has 0 aliphatic carbocycles. The van der Waals surface area contributed by atoms with Crippen molar-refractivity contribution in [1.29, 1.82) is 0 Å². The number of hydrogen-bond donors (Lipinski definition) is 3. The van der Waals surface area contributed by atoms with Crippen LogP contribution in [-0.4, -0.2) is 35.7 Å². The van der Waals surface area contributed by atoms with Crippen LogP contribution >= 0.6 is 0 Å². The fraction of sp³-hybridized carbons (Fsp3) is 0. The SMILES string of the molecule is O=S(=O)(O)O[As](=O)(O)O. The minimum absolute atomic E-state index is 2.88. The molecule has 0 heterocycles. The molecule has 0 saturated carbocycles. The van der Waals surface area contributed by atoms with Crippen molar-refractivity contribution in [2.45, 2.75) is 0 Å². The van der Waals surface area contributed by atoms with E-state index >= 15 is 0 Å². The Morgan fingerprint density at radius 1 is 1.33 bits per heavy atom. The molecule has 0 saturated heterocycles. The van der Waals surface area contributed by atoms with Crippen molar-refractivity contribution in [1.82, 2.24) is 0 Å². The summed E-state index contributed by atoms with van der Waals surface area (Å²) in [5.74, 6) is 0. The first-order valence-corrected chi connectivity index (χ1v) is 6.02. The molecule has 0 aromatic rings. The molecule has 0 aromatic carbocycles. The van der Waals surface area contributed by atoms with E-state index in [1.54, 1.807) is 0 Å². The molecule has 0 amide bonds. The Morgan fingerprint density at radius 3 is 1.67 bits per heavy atom. The van der Waals surface area contributed by atoms with Crippen LogP contribution in [-0.2, 0) is 17.3 Å². The molecular weight excluding hydrogens is 219 g/mol. The molecule has 0 fully saturated rings. The molecule has 0 aliphatic heterocycles. The molecule has 56 valence electrons. The molecule has 0 atom stereocenters. The van der Waals surface area contributed by atoms with Crippen LogP contribution in [0.5, 0.6) is 0 Å². The molecular formula is H3AsO7S. The van der Waals surface area contributed by atoms with Gasteiger partial charge >= 0.3 is 53.0 Å². The van der Waals surface area contributed by atoms with Crippen LogP contribution in [0, 0.1) is 0 Å². The van der Waals surface area contributed by atoms with E-state index in [0.717, 1.165) is 0 Å². The number of rotatable bonds is 2. The second-order valence-electron chi connectivity index (χ2n) is 0.993. The molecule has 9 heteroatoms. The normalized spacial score (nSPS) is 13.7. The van der Waals surface area contributed by atoms with Crippen LogP contribution < -0.4 is 0 Å². The van der Waals surface area contributed by atoms with E-state index in [1.807, 2.05) is 0 Å². The van der Waals surface area contributed by atoms with Gasteiger partial charge in [-0.1, -0.05) is 0 Å². The van der Waals surface area contributed by atoms with Crippen molar-refractivity contribution in [3.05, 3.63) is 0 Å². The van der Waals surface area contributed by atoms with Gasteiger partial charge in [-0.3, -0.25) is 0 Å². The predicted molar refractivity (Wildman–Crippen MR) is 23.5 cm³/mol.